The molecule has 1 amide bonds. The summed E-state index contributed by atoms with van der Waals surface area (Å²) in [6.45, 7) is 1.72. The van der Waals surface area contributed by atoms with Gasteiger partial charge in [0, 0.05) is 0 Å². The Kier molecular flexibility index (Phi) is 5.66. The van der Waals surface area contributed by atoms with Crippen LogP contribution in [0, 0.1) is 12.7 Å². The van der Waals surface area contributed by atoms with E-state index in [9.17, 15) is 14.0 Å². The van der Waals surface area contributed by atoms with Crippen LogP contribution in [0.1, 0.15) is 17.5 Å². The van der Waals surface area contributed by atoms with E-state index in [-0.39, 0.29) is 23.3 Å². The van der Waals surface area contributed by atoms with Crippen LogP contribution in [0.4, 0.5) is 4.39 Å². The Labute approximate surface area is 159 Å². The molecule has 2 aromatic carbocycles. The lowest BCUT2D eigenvalue weighted by molar-refractivity contribution is -0.138. The Hall–Kier alpha value is -3.00. The third-order valence-corrected chi connectivity index (χ3v) is 4.97. The van der Waals surface area contributed by atoms with Gasteiger partial charge in [-0.15, -0.1) is 5.10 Å². The number of rotatable bonds is 5. The number of nitrogens with one attached hydrogen (secondary N) is 1. The van der Waals surface area contributed by atoms with Crippen LogP contribution in [-0.2, 0) is 9.59 Å². The zero-order valence-electron chi connectivity index (χ0n) is 14.3. The molecule has 2 N–H and O–H groups in total. The molecule has 1 heterocycles. The first-order valence-corrected chi connectivity index (χ1v) is 8.97. The first kappa shape index (κ1) is 18.8. The quantitative estimate of drug-likeness (QED) is 0.611. The summed E-state index contributed by atoms with van der Waals surface area (Å²) in [5.74, 6) is -1.65. The number of benzene rings is 2. The standard InChI is InChI=1S/C19H16FN3O3S/c1-11-8-14(6-7-15(11)20)13-4-2-12(3-5-13)10-21-23-19-22-18(26)16(27-19)9-17(24)25/h2-8,10,16H,9H2,1H3,(H,24,25)(H,22,23,26). The summed E-state index contributed by atoms with van der Waals surface area (Å²) in [4.78, 5) is 22.3. The van der Waals surface area contributed by atoms with Crippen LogP contribution in [0.3, 0.4) is 0 Å². The molecule has 2 aromatic rings. The van der Waals surface area contributed by atoms with E-state index in [1.54, 1.807) is 19.1 Å². The Balaban J connectivity index is 1.65. The van der Waals surface area contributed by atoms with E-state index in [4.69, 9.17) is 5.11 Å². The highest BCUT2D eigenvalue weighted by Gasteiger charge is 2.32. The molecule has 0 bridgehead atoms. The van der Waals surface area contributed by atoms with Crippen molar-refractivity contribution in [1.29, 1.82) is 0 Å². The molecule has 8 heteroatoms. The number of aliphatic carboxylic acids is 1. The molecule has 1 aliphatic rings. The number of amides is 1. The van der Waals surface area contributed by atoms with E-state index in [1.165, 1.54) is 12.3 Å². The van der Waals surface area contributed by atoms with Crippen molar-refractivity contribution in [3.8, 4) is 11.1 Å². The summed E-state index contributed by atoms with van der Waals surface area (Å²) in [5.41, 5.74) is 3.27. The maximum absolute atomic E-state index is 13.4. The van der Waals surface area contributed by atoms with Crippen LogP contribution in [0.2, 0.25) is 0 Å². The number of thioether (sulfide) groups is 1. The second-order valence-corrected chi connectivity index (χ2v) is 7.12. The normalized spacial score (nSPS) is 18.2. The fraction of sp³-hybridized carbons (Fsp3) is 0.158. The molecule has 1 aliphatic heterocycles. The number of hydrogen-bond donors (Lipinski definition) is 2. The zero-order chi connectivity index (χ0) is 19.4. The first-order valence-electron chi connectivity index (χ1n) is 8.09. The number of carbonyl (C=O) groups excluding carboxylic acids is 1. The number of carboxylic acid groups (broad SMARTS) is 1. The van der Waals surface area contributed by atoms with Crippen LogP contribution < -0.4 is 5.32 Å². The van der Waals surface area contributed by atoms with Crippen LogP contribution in [-0.4, -0.2) is 33.6 Å². The van der Waals surface area contributed by atoms with Crippen molar-refractivity contribution in [1.82, 2.24) is 5.32 Å². The first-order chi connectivity index (χ1) is 12.9. The Morgan fingerprint density at radius 2 is 1.96 bits per heavy atom. The lowest BCUT2D eigenvalue weighted by atomic mass is 10.0. The zero-order valence-corrected chi connectivity index (χ0v) is 15.2. The van der Waals surface area contributed by atoms with Gasteiger partial charge in [0.15, 0.2) is 5.17 Å². The smallest absolute Gasteiger partial charge is 0.305 e. The lowest BCUT2D eigenvalue weighted by Crippen LogP contribution is -2.26. The second-order valence-electron chi connectivity index (χ2n) is 5.93. The predicted molar refractivity (Wildman–Crippen MR) is 103 cm³/mol. The van der Waals surface area contributed by atoms with Gasteiger partial charge in [-0.2, -0.15) is 5.10 Å². The Morgan fingerprint density at radius 3 is 2.63 bits per heavy atom. The summed E-state index contributed by atoms with van der Waals surface area (Å²) in [6, 6.07) is 12.5. The molecule has 0 radical (unpaired) electrons. The fourth-order valence-corrected chi connectivity index (χ4v) is 3.39. The fourth-order valence-electron chi connectivity index (χ4n) is 2.48. The minimum absolute atomic E-state index is 0.232. The second kappa shape index (κ2) is 8.13. The van der Waals surface area contributed by atoms with Crippen molar-refractivity contribution in [2.24, 2.45) is 10.2 Å². The van der Waals surface area contributed by atoms with Gasteiger partial charge in [-0.05, 0) is 41.3 Å². The number of nitrogens with zero attached hydrogens (tertiary/aromatic N) is 2. The van der Waals surface area contributed by atoms with Gasteiger partial charge < -0.3 is 10.4 Å². The molecule has 1 atom stereocenters. The highest BCUT2D eigenvalue weighted by Crippen LogP contribution is 2.23. The Bertz CT molecular complexity index is 942. The Morgan fingerprint density at radius 1 is 1.26 bits per heavy atom. The van der Waals surface area contributed by atoms with Crippen LogP contribution in [0.25, 0.3) is 11.1 Å². The maximum atomic E-state index is 13.4. The SMILES string of the molecule is Cc1cc(-c2ccc(C=NN=C3NC(=O)C(CC(=O)O)S3)cc2)ccc1F. The summed E-state index contributed by atoms with van der Waals surface area (Å²) in [6.07, 6.45) is 1.27. The van der Waals surface area contributed by atoms with E-state index in [0.29, 0.717) is 5.56 Å². The van der Waals surface area contributed by atoms with E-state index >= 15 is 0 Å². The number of aryl methyl sites for hydroxylation is 1. The van der Waals surface area contributed by atoms with E-state index in [0.717, 1.165) is 28.5 Å². The predicted octanol–water partition coefficient (Wildman–Crippen LogP) is 3.20. The van der Waals surface area contributed by atoms with E-state index in [2.05, 4.69) is 15.5 Å². The molecule has 0 spiro atoms. The van der Waals surface area contributed by atoms with Crippen molar-refractivity contribution in [3.63, 3.8) is 0 Å². The number of carboxylic acids is 1. The summed E-state index contributed by atoms with van der Waals surface area (Å²) < 4.78 is 13.4. The van der Waals surface area contributed by atoms with Crippen LogP contribution in [0.5, 0.6) is 0 Å². The van der Waals surface area contributed by atoms with Crippen LogP contribution >= 0.6 is 11.8 Å². The number of amidine groups is 1. The molecular formula is C19H16FN3O3S. The van der Waals surface area contributed by atoms with Crippen molar-refractivity contribution < 1.29 is 19.1 Å². The van der Waals surface area contributed by atoms with Gasteiger partial charge in [-0.3, -0.25) is 9.59 Å². The van der Waals surface area contributed by atoms with Crippen molar-refractivity contribution in [2.75, 3.05) is 0 Å². The van der Waals surface area contributed by atoms with Gasteiger partial charge >= 0.3 is 5.97 Å². The highest BCUT2D eigenvalue weighted by molar-refractivity contribution is 8.15. The minimum Gasteiger partial charge on any atom is -0.481 e. The van der Waals surface area contributed by atoms with Gasteiger partial charge in [0.2, 0.25) is 5.91 Å². The molecule has 0 saturated carbocycles. The number of halogens is 1. The number of carbonyl (C=O) groups is 2. The lowest BCUT2D eigenvalue weighted by Gasteiger charge is -2.04. The number of hydrogen-bond acceptors (Lipinski definition) is 5. The molecule has 1 unspecified atom stereocenters. The monoisotopic (exact) mass is 385 g/mol. The maximum Gasteiger partial charge on any atom is 0.305 e. The van der Waals surface area contributed by atoms with Crippen LogP contribution in [0.15, 0.2) is 52.7 Å². The van der Waals surface area contributed by atoms with Crippen molar-refractivity contribution >= 4 is 35.0 Å². The molecule has 27 heavy (non-hydrogen) atoms. The van der Waals surface area contributed by atoms with Gasteiger partial charge in [0.25, 0.3) is 0 Å². The van der Waals surface area contributed by atoms with E-state index < -0.39 is 11.2 Å². The minimum atomic E-state index is -1.04. The van der Waals surface area contributed by atoms with Gasteiger partial charge in [0.1, 0.15) is 11.1 Å². The highest BCUT2D eigenvalue weighted by atomic mass is 32.2. The molecule has 0 aromatic heterocycles. The topological polar surface area (TPSA) is 91.1 Å². The molecular weight excluding hydrogens is 369 g/mol. The van der Waals surface area contributed by atoms with Crippen molar-refractivity contribution in [3.05, 3.63) is 59.4 Å². The largest absolute Gasteiger partial charge is 0.481 e. The summed E-state index contributed by atoms with van der Waals surface area (Å²) in [7, 11) is 0. The molecule has 0 aliphatic carbocycles. The summed E-state index contributed by atoms with van der Waals surface area (Å²) >= 11 is 1.05. The third-order valence-electron chi connectivity index (χ3n) is 3.89. The van der Waals surface area contributed by atoms with Crippen molar-refractivity contribution in [2.45, 2.75) is 18.6 Å². The van der Waals surface area contributed by atoms with Gasteiger partial charge in [-0.25, -0.2) is 4.39 Å². The van der Waals surface area contributed by atoms with Gasteiger partial charge in [-0.1, -0.05) is 42.1 Å². The van der Waals surface area contributed by atoms with E-state index in [1.807, 2.05) is 24.3 Å². The molecule has 3 rings (SSSR count). The third kappa shape index (κ3) is 4.79. The molecule has 1 saturated heterocycles. The molecule has 1 fully saturated rings. The average Bonchev–Trinajstić information content (AvgIpc) is 2.97. The molecule has 138 valence electrons. The summed E-state index contributed by atoms with van der Waals surface area (Å²) in [5, 5.41) is 18.7. The van der Waals surface area contributed by atoms with Gasteiger partial charge in [0.05, 0.1) is 12.6 Å². The molecule has 6 nitrogen and oxygen atoms in total. The average molecular weight is 385 g/mol.